The Labute approximate surface area is 111 Å². The lowest BCUT2D eigenvalue weighted by molar-refractivity contribution is 0.518. The average Bonchev–Trinajstić information content (AvgIpc) is 2.94. The Bertz CT molecular complexity index is 705. The van der Waals surface area contributed by atoms with Gasteiger partial charge in [-0.05, 0) is 36.8 Å². The van der Waals surface area contributed by atoms with Crippen LogP contribution in [0.25, 0.3) is 10.8 Å². The van der Waals surface area contributed by atoms with Gasteiger partial charge in [-0.3, -0.25) is 0 Å². The Kier molecular flexibility index (Phi) is 2.83. The van der Waals surface area contributed by atoms with Crippen LogP contribution in [0.4, 0.5) is 11.5 Å². The van der Waals surface area contributed by atoms with Crippen molar-refractivity contribution in [3.05, 3.63) is 54.1 Å². The smallest absolute Gasteiger partial charge is 0.134 e. The third kappa shape index (κ3) is 2.12. The molecule has 3 N–H and O–H groups in total. The molecule has 2 heterocycles. The monoisotopic (exact) mass is 253 g/mol. The summed E-state index contributed by atoms with van der Waals surface area (Å²) >= 11 is 0. The Balaban J connectivity index is 2.01. The molecule has 0 aliphatic heterocycles. The summed E-state index contributed by atoms with van der Waals surface area (Å²) in [6, 6.07) is 9.68. The first kappa shape index (κ1) is 11.6. The van der Waals surface area contributed by atoms with Gasteiger partial charge in [0.2, 0.25) is 0 Å². The van der Waals surface area contributed by atoms with Crippen LogP contribution >= 0.6 is 0 Å². The predicted octanol–water partition coefficient (Wildman–Crippen LogP) is 3.33. The number of aromatic nitrogens is 1. The molecule has 3 aromatic rings. The molecule has 1 aromatic carbocycles. The van der Waals surface area contributed by atoms with Crippen LogP contribution in [0.5, 0.6) is 0 Å². The molecule has 0 aliphatic carbocycles. The molecule has 0 saturated heterocycles. The van der Waals surface area contributed by atoms with Crippen LogP contribution in [0.2, 0.25) is 0 Å². The van der Waals surface area contributed by atoms with E-state index in [0.717, 1.165) is 33.6 Å². The van der Waals surface area contributed by atoms with E-state index in [-0.39, 0.29) is 0 Å². The summed E-state index contributed by atoms with van der Waals surface area (Å²) in [5.74, 6) is 1.71. The fourth-order valence-corrected chi connectivity index (χ4v) is 2.21. The first-order chi connectivity index (χ1) is 9.25. The molecule has 2 aromatic heterocycles. The predicted molar refractivity (Wildman–Crippen MR) is 76.9 cm³/mol. The Morgan fingerprint density at radius 2 is 2.16 bits per heavy atom. The number of nitrogens with one attached hydrogen (secondary N) is 1. The molecule has 3 rings (SSSR count). The lowest BCUT2D eigenvalue weighted by atomic mass is 10.1. The lowest BCUT2D eigenvalue weighted by Gasteiger charge is -2.11. The molecule has 96 valence electrons. The van der Waals surface area contributed by atoms with Gasteiger partial charge < -0.3 is 15.5 Å². The van der Waals surface area contributed by atoms with Crippen molar-refractivity contribution in [2.75, 3.05) is 11.1 Å². The second-order valence-corrected chi connectivity index (χ2v) is 4.49. The van der Waals surface area contributed by atoms with Crippen molar-refractivity contribution in [2.24, 2.45) is 0 Å². The van der Waals surface area contributed by atoms with E-state index in [4.69, 9.17) is 10.2 Å². The SMILES string of the molecule is Cc1ccc(N)c2ccnc(NCc3ccco3)c12. The number of benzene rings is 1. The van der Waals surface area contributed by atoms with Gasteiger partial charge in [0, 0.05) is 22.7 Å². The van der Waals surface area contributed by atoms with E-state index in [2.05, 4.69) is 17.2 Å². The molecule has 0 radical (unpaired) electrons. The van der Waals surface area contributed by atoms with Crippen molar-refractivity contribution < 1.29 is 4.42 Å². The standard InChI is InChI=1S/C15H15N3O/c1-10-4-5-13(16)12-6-7-17-15(14(10)12)18-9-11-3-2-8-19-11/h2-8H,9,16H2,1H3,(H,17,18). The quantitative estimate of drug-likeness (QED) is 0.703. The van der Waals surface area contributed by atoms with E-state index < -0.39 is 0 Å². The number of hydrogen-bond acceptors (Lipinski definition) is 4. The number of aryl methyl sites for hydroxylation is 1. The molecule has 0 aliphatic rings. The summed E-state index contributed by atoms with van der Waals surface area (Å²) in [7, 11) is 0. The molecule has 0 saturated carbocycles. The van der Waals surface area contributed by atoms with Gasteiger partial charge in [-0.25, -0.2) is 4.98 Å². The highest BCUT2D eigenvalue weighted by Crippen LogP contribution is 2.29. The molecule has 19 heavy (non-hydrogen) atoms. The number of fused-ring (bicyclic) bond motifs is 1. The van der Waals surface area contributed by atoms with Crippen LogP contribution in [0.1, 0.15) is 11.3 Å². The minimum Gasteiger partial charge on any atom is -0.467 e. The Morgan fingerprint density at radius 1 is 1.26 bits per heavy atom. The summed E-state index contributed by atoms with van der Waals surface area (Å²) in [4.78, 5) is 4.40. The minimum absolute atomic E-state index is 0.605. The molecule has 0 fully saturated rings. The van der Waals surface area contributed by atoms with Gasteiger partial charge in [-0.15, -0.1) is 0 Å². The largest absolute Gasteiger partial charge is 0.467 e. The number of nitrogen functional groups attached to an aromatic ring is 1. The fraction of sp³-hybridized carbons (Fsp3) is 0.133. The Morgan fingerprint density at radius 3 is 2.95 bits per heavy atom. The fourth-order valence-electron chi connectivity index (χ4n) is 2.21. The normalized spacial score (nSPS) is 10.8. The summed E-state index contributed by atoms with van der Waals surface area (Å²) in [6.45, 7) is 2.66. The lowest BCUT2D eigenvalue weighted by Crippen LogP contribution is -2.02. The summed E-state index contributed by atoms with van der Waals surface area (Å²) < 4.78 is 5.31. The van der Waals surface area contributed by atoms with Gasteiger partial charge in [-0.2, -0.15) is 0 Å². The second-order valence-electron chi connectivity index (χ2n) is 4.49. The molecule has 0 bridgehead atoms. The van der Waals surface area contributed by atoms with Gasteiger partial charge in [0.15, 0.2) is 0 Å². The molecule has 0 atom stereocenters. The van der Waals surface area contributed by atoms with Crippen LogP contribution in [0.15, 0.2) is 47.2 Å². The van der Waals surface area contributed by atoms with Crippen LogP contribution in [0.3, 0.4) is 0 Å². The number of anilines is 2. The van der Waals surface area contributed by atoms with E-state index >= 15 is 0 Å². The van der Waals surface area contributed by atoms with Crippen LogP contribution in [-0.2, 0) is 6.54 Å². The van der Waals surface area contributed by atoms with E-state index in [1.807, 2.05) is 30.3 Å². The van der Waals surface area contributed by atoms with Crippen molar-refractivity contribution in [1.29, 1.82) is 0 Å². The highest BCUT2D eigenvalue weighted by atomic mass is 16.3. The van der Waals surface area contributed by atoms with E-state index in [1.54, 1.807) is 12.5 Å². The van der Waals surface area contributed by atoms with Crippen LogP contribution < -0.4 is 11.1 Å². The third-order valence-electron chi connectivity index (χ3n) is 3.18. The highest BCUT2D eigenvalue weighted by Gasteiger charge is 2.08. The Hall–Kier alpha value is -2.49. The van der Waals surface area contributed by atoms with Gasteiger partial charge in [0.1, 0.15) is 11.6 Å². The maximum Gasteiger partial charge on any atom is 0.134 e. The summed E-state index contributed by atoms with van der Waals surface area (Å²) in [5.41, 5.74) is 7.93. The maximum absolute atomic E-state index is 6.01. The summed E-state index contributed by atoms with van der Waals surface area (Å²) in [6.07, 6.45) is 3.43. The van der Waals surface area contributed by atoms with Crippen molar-refractivity contribution in [1.82, 2.24) is 4.98 Å². The van der Waals surface area contributed by atoms with E-state index in [1.165, 1.54) is 0 Å². The van der Waals surface area contributed by atoms with Crippen molar-refractivity contribution in [3.8, 4) is 0 Å². The molecule has 0 unspecified atom stereocenters. The molecule has 0 spiro atoms. The van der Waals surface area contributed by atoms with E-state index in [9.17, 15) is 0 Å². The molecule has 4 nitrogen and oxygen atoms in total. The number of pyridine rings is 1. The number of hydrogen-bond donors (Lipinski definition) is 2. The summed E-state index contributed by atoms with van der Waals surface area (Å²) in [5, 5.41) is 5.39. The first-order valence-corrected chi connectivity index (χ1v) is 6.16. The molecular formula is C15H15N3O. The zero-order valence-electron chi connectivity index (χ0n) is 10.7. The van der Waals surface area contributed by atoms with Gasteiger partial charge in [0.25, 0.3) is 0 Å². The third-order valence-corrected chi connectivity index (χ3v) is 3.18. The molecule has 4 heteroatoms. The minimum atomic E-state index is 0.605. The zero-order valence-corrected chi connectivity index (χ0v) is 10.7. The van der Waals surface area contributed by atoms with Crippen LogP contribution in [-0.4, -0.2) is 4.98 Å². The highest BCUT2D eigenvalue weighted by molar-refractivity contribution is 6.01. The first-order valence-electron chi connectivity index (χ1n) is 6.16. The van der Waals surface area contributed by atoms with Crippen molar-refractivity contribution in [2.45, 2.75) is 13.5 Å². The van der Waals surface area contributed by atoms with Crippen LogP contribution in [0, 0.1) is 6.92 Å². The topological polar surface area (TPSA) is 64.1 Å². The van der Waals surface area contributed by atoms with E-state index in [0.29, 0.717) is 6.54 Å². The van der Waals surface area contributed by atoms with Gasteiger partial charge in [-0.1, -0.05) is 6.07 Å². The number of nitrogens with two attached hydrogens (primary N) is 1. The molecule has 0 amide bonds. The van der Waals surface area contributed by atoms with Crippen molar-refractivity contribution in [3.63, 3.8) is 0 Å². The van der Waals surface area contributed by atoms with Gasteiger partial charge in [0.05, 0.1) is 12.8 Å². The number of furan rings is 1. The second kappa shape index (κ2) is 4.65. The number of nitrogens with zero attached hydrogens (tertiary/aromatic N) is 1. The molecular weight excluding hydrogens is 238 g/mol. The average molecular weight is 253 g/mol. The number of rotatable bonds is 3. The van der Waals surface area contributed by atoms with Gasteiger partial charge >= 0.3 is 0 Å². The van der Waals surface area contributed by atoms with Crippen molar-refractivity contribution >= 4 is 22.3 Å². The maximum atomic E-state index is 6.01. The zero-order chi connectivity index (χ0) is 13.2.